The second-order valence-electron chi connectivity index (χ2n) is 6.86. The largest absolute Gasteiger partial charge is 0.454 e. The lowest BCUT2D eigenvalue weighted by atomic mass is 9.99. The van der Waals surface area contributed by atoms with E-state index in [2.05, 4.69) is 10.2 Å². The first-order chi connectivity index (χ1) is 13.8. The van der Waals surface area contributed by atoms with E-state index in [0.29, 0.717) is 18.0 Å². The number of benzene rings is 2. The molecule has 2 aromatic carbocycles. The predicted octanol–water partition coefficient (Wildman–Crippen LogP) is 4.27. The van der Waals surface area contributed by atoms with Gasteiger partial charge in [0.05, 0.1) is 5.25 Å². The van der Waals surface area contributed by atoms with Gasteiger partial charge in [0.25, 0.3) is 0 Å². The Balaban J connectivity index is 1.58. The van der Waals surface area contributed by atoms with Gasteiger partial charge in [-0.05, 0) is 43.2 Å². The molecule has 0 unspecified atom stereocenters. The number of carbonyl (C=O) groups excluding carboxylic acids is 1. The number of thioether (sulfide) groups is 1. The van der Waals surface area contributed by atoms with Crippen molar-refractivity contribution in [3.8, 4) is 28.6 Å². The first-order valence-electron chi connectivity index (χ1n) is 9.40. The van der Waals surface area contributed by atoms with E-state index in [1.165, 1.54) is 11.8 Å². The number of Topliss-reactive ketones (excluding diaryl/α,β-unsaturated/α-hetero) is 1. The number of carbonyl (C=O) groups is 1. The SMILES string of the molecule is O=C1CCCC[C@H]1Sc1nnc(-c2ccc3c(c2)OCO3)n1-c1ccccc1. The van der Waals surface area contributed by atoms with Crippen LogP contribution in [0.2, 0.25) is 0 Å². The maximum atomic E-state index is 12.3. The third kappa shape index (κ3) is 3.16. The van der Waals surface area contributed by atoms with E-state index < -0.39 is 0 Å². The van der Waals surface area contributed by atoms with Crippen molar-refractivity contribution in [1.82, 2.24) is 14.8 Å². The van der Waals surface area contributed by atoms with Crippen molar-refractivity contribution < 1.29 is 14.3 Å². The van der Waals surface area contributed by atoms with Crippen LogP contribution >= 0.6 is 11.8 Å². The number of rotatable bonds is 4. The van der Waals surface area contributed by atoms with Crippen molar-refractivity contribution in [3.63, 3.8) is 0 Å². The molecule has 1 aromatic heterocycles. The molecule has 5 rings (SSSR count). The van der Waals surface area contributed by atoms with Crippen LogP contribution in [0.5, 0.6) is 11.5 Å². The molecular formula is C21H19N3O3S. The van der Waals surface area contributed by atoms with Gasteiger partial charge in [0.15, 0.2) is 22.5 Å². The summed E-state index contributed by atoms with van der Waals surface area (Å²) in [5.41, 5.74) is 1.85. The van der Waals surface area contributed by atoms with Gasteiger partial charge in [-0.1, -0.05) is 36.4 Å². The lowest BCUT2D eigenvalue weighted by molar-refractivity contribution is -0.119. The molecule has 0 saturated heterocycles. The molecular weight excluding hydrogens is 374 g/mol. The van der Waals surface area contributed by atoms with Crippen LogP contribution in [0.15, 0.2) is 53.7 Å². The number of aromatic nitrogens is 3. The number of nitrogens with zero attached hydrogens (tertiary/aromatic N) is 3. The standard InChI is InChI=1S/C21H19N3O3S/c25-16-8-4-5-9-19(16)28-21-23-22-20(24(21)15-6-2-1-3-7-15)14-10-11-17-18(12-14)27-13-26-17/h1-3,6-7,10-12,19H,4-5,8-9,13H2/t19-/m1/s1. The van der Waals surface area contributed by atoms with Gasteiger partial charge in [0.1, 0.15) is 5.78 Å². The molecule has 2 heterocycles. The normalized spacial score (nSPS) is 18.4. The van der Waals surface area contributed by atoms with Gasteiger partial charge in [-0.25, -0.2) is 0 Å². The Morgan fingerprint density at radius 2 is 1.86 bits per heavy atom. The average molecular weight is 393 g/mol. The van der Waals surface area contributed by atoms with Crippen LogP contribution in [0.25, 0.3) is 17.1 Å². The van der Waals surface area contributed by atoms with E-state index in [9.17, 15) is 4.79 Å². The summed E-state index contributed by atoms with van der Waals surface area (Å²) in [6.45, 7) is 0.231. The molecule has 142 valence electrons. The van der Waals surface area contributed by atoms with E-state index in [0.717, 1.165) is 47.2 Å². The summed E-state index contributed by atoms with van der Waals surface area (Å²) in [6.07, 6.45) is 3.62. The molecule has 0 radical (unpaired) electrons. The van der Waals surface area contributed by atoms with Crippen LogP contribution in [-0.4, -0.2) is 32.6 Å². The van der Waals surface area contributed by atoms with Gasteiger partial charge < -0.3 is 9.47 Å². The fourth-order valence-corrected chi connectivity index (χ4v) is 4.76. The van der Waals surface area contributed by atoms with Gasteiger partial charge in [0, 0.05) is 17.7 Å². The van der Waals surface area contributed by atoms with E-state index in [1.807, 2.05) is 53.1 Å². The Morgan fingerprint density at radius 3 is 2.71 bits per heavy atom. The van der Waals surface area contributed by atoms with Crippen LogP contribution in [-0.2, 0) is 4.79 Å². The highest BCUT2D eigenvalue weighted by molar-refractivity contribution is 8.00. The molecule has 0 N–H and O–H groups in total. The summed E-state index contributed by atoms with van der Waals surface area (Å²) in [5, 5.41) is 9.59. The third-order valence-electron chi connectivity index (χ3n) is 5.02. The minimum absolute atomic E-state index is 0.0509. The van der Waals surface area contributed by atoms with Gasteiger partial charge >= 0.3 is 0 Å². The molecule has 7 heteroatoms. The number of hydrogen-bond acceptors (Lipinski definition) is 6. The molecule has 1 saturated carbocycles. The first kappa shape index (κ1) is 17.3. The summed E-state index contributed by atoms with van der Waals surface area (Å²) < 4.78 is 13.0. The summed E-state index contributed by atoms with van der Waals surface area (Å²) in [4.78, 5) is 12.3. The molecule has 1 fully saturated rings. The smallest absolute Gasteiger partial charge is 0.231 e. The summed E-state index contributed by atoms with van der Waals surface area (Å²) in [5.74, 6) is 2.47. The van der Waals surface area contributed by atoms with E-state index in [1.54, 1.807) is 0 Å². The fraction of sp³-hybridized carbons (Fsp3) is 0.286. The summed E-state index contributed by atoms with van der Waals surface area (Å²) in [6, 6.07) is 15.8. The summed E-state index contributed by atoms with van der Waals surface area (Å²) >= 11 is 1.52. The van der Waals surface area contributed by atoms with Crippen LogP contribution in [0, 0.1) is 0 Å². The molecule has 1 atom stereocenters. The number of fused-ring (bicyclic) bond motifs is 1. The highest BCUT2D eigenvalue weighted by atomic mass is 32.2. The van der Waals surface area contributed by atoms with E-state index in [-0.39, 0.29) is 12.0 Å². The molecule has 1 aliphatic heterocycles. The Morgan fingerprint density at radius 1 is 1.00 bits per heavy atom. The molecule has 3 aromatic rings. The molecule has 0 bridgehead atoms. The fourth-order valence-electron chi connectivity index (χ4n) is 3.58. The first-order valence-corrected chi connectivity index (χ1v) is 10.3. The highest BCUT2D eigenvalue weighted by Crippen LogP contribution is 2.38. The Hall–Kier alpha value is -2.80. The number of para-hydroxylation sites is 1. The molecule has 6 nitrogen and oxygen atoms in total. The maximum Gasteiger partial charge on any atom is 0.231 e. The molecule has 1 aliphatic carbocycles. The van der Waals surface area contributed by atoms with Crippen molar-refractivity contribution >= 4 is 17.5 Å². The minimum Gasteiger partial charge on any atom is -0.454 e. The van der Waals surface area contributed by atoms with Crippen LogP contribution < -0.4 is 9.47 Å². The minimum atomic E-state index is -0.0509. The van der Waals surface area contributed by atoms with Crippen molar-refractivity contribution in [3.05, 3.63) is 48.5 Å². The second-order valence-corrected chi connectivity index (χ2v) is 8.03. The lowest BCUT2D eigenvalue weighted by Gasteiger charge is -2.20. The maximum absolute atomic E-state index is 12.3. The van der Waals surface area contributed by atoms with Crippen molar-refractivity contribution in [1.29, 1.82) is 0 Å². The quantitative estimate of drug-likeness (QED) is 0.660. The molecule has 0 spiro atoms. The monoisotopic (exact) mass is 393 g/mol. The molecule has 0 amide bonds. The Kier molecular flexibility index (Phi) is 4.52. The number of ketones is 1. The Bertz CT molecular complexity index is 1020. The molecule has 2 aliphatic rings. The van der Waals surface area contributed by atoms with Crippen LogP contribution in [0.3, 0.4) is 0 Å². The highest BCUT2D eigenvalue weighted by Gasteiger charge is 2.27. The van der Waals surface area contributed by atoms with Crippen molar-refractivity contribution in [2.45, 2.75) is 36.1 Å². The zero-order valence-electron chi connectivity index (χ0n) is 15.2. The van der Waals surface area contributed by atoms with Gasteiger partial charge in [-0.3, -0.25) is 9.36 Å². The van der Waals surface area contributed by atoms with Crippen molar-refractivity contribution in [2.24, 2.45) is 0 Å². The number of hydrogen-bond donors (Lipinski definition) is 0. The van der Waals surface area contributed by atoms with Gasteiger partial charge in [-0.15, -0.1) is 10.2 Å². The Labute approximate surface area is 166 Å². The van der Waals surface area contributed by atoms with E-state index in [4.69, 9.17) is 9.47 Å². The average Bonchev–Trinajstić information content (AvgIpc) is 3.36. The lowest BCUT2D eigenvalue weighted by Crippen LogP contribution is -2.21. The van der Waals surface area contributed by atoms with Gasteiger partial charge in [0.2, 0.25) is 6.79 Å². The second kappa shape index (κ2) is 7.31. The van der Waals surface area contributed by atoms with Gasteiger partial charge in [-0.2, -0.15) is 0 Å². The van der Waals surface area contributed by atoms with Crippen LogP contribution in [0.1, 0.15) is 25.7 Å². The molecule has 28 heavy (non-hydrogen) atoms. The zero-order chi connectivity index (χ0) is 18.9. The summed E-state index contributed by atoms with van der Waals surface area (Å²) in [7, 11) is 0. The zero-order valence-corrected chi connectivity index (χ0v) is 16.0. The van der Waals surface area contributed by atoms with E-state index >= 15 is 0 Å². The predicted molar refractivity (Wildman–Crippen MR) is 106 cm³/mol. The van der Waals surface area contributed by atoms with Crippen molar-refractivity contribution in [2.75, 3.05) is 6.79 Å². The number of ether oxygens (including phenoxy) is 2. The topological polar surface area (TPSA) is 66.2 Å². The van der Waals surface area contributed by atoms with Crippen LogP contribution in [0.4, 0.5) is 0 Å². The third-order valence-corrected chi connectivity index (χ3v) is 6.28.